The van der Waals surface area contributed by atoms with E-state index in [4.69, 9.17) is 5.26 Å². The van der Waals surface area contributed by atoms with Crippen LogP contribution in [0.4, 0.5) is 0 Å². The maximum atomic E-state index is 8.57. The highest BCUT2D eigenvalue weighted by Gasteiger charge is 2.50. The second-order valence-electron chi connectivity index (χ2n) is 6.18. The van der Waals surface area contributed by atoms with Gasteiger partial charge in [-0.15, -0.1) is 0 Å². The van der Waals surface area contributed by atoms with Crippen LogP contribution >= 0.6 is 0 Å². The van der Waals surface area contributed by atoms with E-state index >= 15 is 0 Å². The van der Waals surface area contributed by atoms with Crippen LogP contribution in [0.5, 0.6) is 0 Å². The lowest BCUT2D eigenvalue weighted by atomic mass is 9.49. The van der Waals surface area contributed by atoms with E-state index in [1.165, 1.54) is 38.5 Å². The summed E-state index contributed by atoms with van der Waals surface area (Å²) >= 11 is 0. The van der Waals surface area contributed by atoms with Crippen LogP contribution in [0.2, 0.25) is 0 Å². The molecule has 82 valence electrons. The lowest BCUT2D eigenvalue weighted by molar-refractivity contribution is -0.0507. The number of nitrogens with zero attached hydrogens (tertiary/aromatic N) is 1. The zero-order chi connectivity index (χ0) is 10.3. The van der Waals surface area contributed by atoms with E-state index in [1.54, 1.807) is 0 Å². The monoisotopic (exact) mass is 204 g/mol. The van der Waals surface area contributed by atoms with Gasteiger partial charge in [-0.25, -0.2) is 0 Å². The lowest BCUT2D eigenvalue weighted by Crippen LogP contribution is -2.50. The molecule has 0 aromatic heterocycles. The van der Waals surface area contributed by atoms with Gasteiger partial charge in [0, 0.05) is 6.54 Å². The topological polar surface area (TPSA) is 35.8 Å². The fourth-order valence-corrected chi connectivity index (χ4v) is 4.89. The molecule has 1 N–H and O–H groups in total. The molecule has 0 saturated heterocycles. The predicted molar refractivity (Wildman–Crippen MR) is 59.1 cm³/mol. The first-order valence-corrected chi connectivity index (χ1v) is 6.37. The molecule has 4 aliphatic carbocycles. The molecule has 4 rings (SSSR count). The molecule has 0 spiro atoms. The molecule has 0 aliphatic heterocycles. The summed E-state index contributed by atoms with van der Waals surface area (Å²) in [5.41, 5.74) is 0.589. The van der Waals surface area contributed by atoms with Gasteiger partial charge in [-0.1, -0.05) is 0 Å². The molecule has 2 heteroatoms. The van der Waals surface area contributed by atoms with Crippen molar-refractivity contribution in [2.24, 2.45) is 23.2 Å². The van der Waals surface area contributed by atoms with Gasteiger partial charge in [0.2, 0.25) is 0 Å². The van der Waals surface area contributed by atoms with Crippen molar-refractivity contribution < 1.29 is 0 Å². The Labute approximate surface area is 92.0 Å². The van der Waals surface area contributed by atoms with Crippen LogP contribution in [-0.4, -0.2) is 13.1 Å². The summed E-state index contributed by atoms with van der Waals surface area (Å²) in [6.45, 7) is 1.63. The van der Waals surface area contributed by atoms with Gasteiger partial charge in [0.05, 0.1) is 12.6 Å². The minimum absolute atomic E-state index is 0.530. The van der Waals surface area contributed by atoms with Crippen LogP contribution < -0.4 is 5.32 Å². The second-order valence-corrected chi connectivity index (χ2v) is 6.18. The minimum Gasteiger partial charge on any atom is -0.304 e. The molecule has 4 fully saturated rings. The first-order chi connectivity index (χ1) is 7.30. The zero-order valence-electron chi connectivity index (χ0n) is 9.34. The van der Waals surface area contributed by atoms with Gasteiger partial charge in [-0.05, 0) is 61.7 Å². The predicted octanol–water partition coefficient (Wildman–Crippen LogP) is 2.32. The summed E-state index contributed by atoms with van der Waals surface area (Å²) in [6, 6.07) is 2.19. The molecule has 0 radical (unpaired) electrons. The van der Waals surface area contributed by atoms with Gasteiger partial charge in [-0.2, -0.15) is 5.26 Å². The largest absolute Gasteiger partial charge is 0.304 e. The maximum Gasteiger partial charge on any atom is 0.0841 e. The van der Waals surface area contributed by atoms with Crippen molar-refractivity contribution in [1.82, 2.24) is 5.32 Å². The second kappa shape index (κ2) is 3.49. The molecule has 0 heterocycles. The van der Waals surface area contributed by atoms with Gasteiger partial charge >= 0.3 is 0 Å². The summed E-state index contributed by atoms with van der Waals surface area (Å²) in [6.07, 6.45) is 8.86. The van der Waals surface area contributed by atoms with Crippen molar-refractivity contribution in [3.8, 4) is 6.07 Å². The summed E-state index contributed by atoms with van der Waals surface area (Å²) < 4.78 is 0. The molecule has 2 nitrogen and oxygen atoms in total. The van der Waals surface area contributed by atoms with Crippen molar-refractivity contribution >= 4 is 0 Å². The Morgan fingerprint density at radius 2 is 1.60 bits per heavy atom. The molecule has 0 amide bonds. The molecular formula is C13H20N2. The first-order valence-electron chi connectivity index (χ1n) is 6.37. The Bertz CT molecular complexity index is 254. The Kier molecular flexibility index (Phi) is 2.25. The van der Waals surface area contributed by atoms with Crippen LogP contribution in [0.1, 0.15) is 38.5 Å². The summed E-state index contributed by atoms with van der Waals surface area (Å²) in [7, 11) is 0. The van der Waals surface area contributed by atoms with Crippen molar-refractivity contribution in [2.75, 3.05) is 13.1 Å². The number of rotatable bonds is 3. The van der Waals surface area contributed by atoms with E-state index in [1.807, 2.05) is 0 Å². The highest BCUT2D eigenvalue weighted by molar-refractivity contribution is 5.02. The molecule has 4 bridgehead atoms. The smallest absolute Gasteiger partial charge is 0.0841 e. The van der Waals surface area contributed by atoms with E-state index in [-0.39, 0.29) is 0 Å². The molecule has 0 unspecified atom stereocenters. The molecule has 15 heavy (non-hydrogen) atoms. The average molecular weight is 204 g/mol. The normalized spacial score (nSPS) is 46.7. The summed E-state index contributed by atoms with van der Waals surface area (Å²) in [4.78, 5) is 0. The number of hydrogen-bond donors (Lipinski definition) is 1. The third kappa shape index (κ3) is 1.67. The Morgan fingerprint density at radius 3 is 2.07 bits per heavy atom. The van der Waals surface area contributed by atoms with Crippen molar-refractivity contribution in [1.29, 1.82) is 5.26 Å². The van der Waals surface area contributed by atoms with Crippen molar-refractivity contribution in [3.63, 3.8) is 0 Å². The average Bonchev–Trinajstić information content (AvgIpc) is 2.15. The molecule has 0 aromatic rings. The molecule has 0 atom stereocenters. The van der Waals surface area contributed by atoms with E-state index in [2.05, 4.69) is 11.4 Å². The van der Waals surface area contributed by atoms with E-state index in [0.717, 1.165) is 24.3 Å². The first kappa shape index (κ1) is 9.66. The standard InChI is InChI=1S/C13H20N2/c14-1-2-15-9-13-6-10-3-11(7-13)5-12(4-10)8-13/h10-12,15H,2-9H2. The Balaban J connectivity index is 1.68. The van der Waals surface area contributed by atoms with Gasteiger partial charge in [-0.3, -0.25) is 0 Å². The van der Waals surface area contributed by atoms with Gasteiger partial charge in [0.25, 0.3) is 0 Å². The maximum absolute atomic E-state index is 8.57. The van der Waals surface area contributed by atoms with Crippen LogP contribution in [0.25, 0.3) is 0 Å². The van der Waals surface area contributed by atoms with Crippen LogP contribution in [0.15, 0.2) is 0 Å². The third-order valence-electron chi connectivity index (χ3n) is 4.87. The zero-order valence-corrected chi connectivity index (χ0v) is 9.34. The number of nitrogens with one attached hydrogen (secondary N) is 1. The summed E-state index contributed by atoms with van der Waals surface area (Å²) in [5, 5.41) is 11.9. The van der Waals surface area contributed by atoms with Crippen LogP contribution in [0, 0.1) is 34.5 Å². The SMILES string of the molecule is N#CCNCC12CC3CC(CC(C3)C1)C2. The Morgan fingerprint density at radius 1 is 1.07 bits per heavy atom. The molecular weight excluding hydrogens is 184 g/mol. The van der Waals surface area contributed by atoms with E-state index < -0.39 is 0 Å². The fourth-order valence-electron chi connectivity index (χ4n) is 4.89. The van der Waals surface area contributed by atoms with E-state index in [9.17, 15) is 0 Å². The van der Waals surface area contributed by atoms with Crippen molar-refractivity contribution in [2.45, 2.75) is 38.5 Å². The Hall–Kier alpha value is -0.550. The van der Waals surface area contributed by atoms with E-state index in [0.29, 0.717) is 12.0 Å². The number of nitriles is 1. The van der Waals surface area contributed by atoms with Crippen LogP contribution in [-0.2, 0) is 0 Å². The third-order valence-corrected chi connectivity index (χ3v) is 4.87. The molecule has 4 aliphatic rings. The fraction of sp³-hybridized carbons (Fsp3) is 0.923. The van der Waals surface area contributed by atoms with Gasteiger partial charge in [0.15, 0.2) is 0 Å². The van der Waals surface area contributed by atoms with Crippen molar-refractivity contribution in [3.05, 3.63) is 0 Å². The lowest BCUT2D eigenvalue weighted by Gasteiger charge is -2.57. The highest BCUT2D eigenvalue weighted by atomic mass is 14.9. The van der Waals surface area contributed by atoms with Crippen LogP contribution in [0.3, 0.4) is 0 Å². The highest BCUT2D eigenvalue weighted by Crippen LogP contribution is 2.59. The van der Waals surface area contributed by atoms with Gasteiger partial charge in [0.1, 0.15) is 0 Å². The summed E-state index contributed by atoms with van der Waals surface area (Å²) in [5.74, 6) is 3.08. The minimum atomic E-state index is 0.530. The quantitative estimate of drug-likeness (QED) is 0.565. The number of hydrogen-bond acceptors (Lipinski definition) is 2. The molecule has 4 saturated carbocycles. The molecule has 0 aromatic carbocycles. The van der Waals surface area contributed by atoms with Gasteiger partial charge < -0.3 is 5.32 Å².